The Bertz CT molecular complexity index is 1120. The van der Waals surface area contributed by atoms with Gasteiger partial charge in [0.05, 0.1) is 11.4 Å². The Balaban J connectivity index is 1.47. The minimum absolute atomic E-state index is 0.0981. The van der Waals surface area contributed by atoms with Crippen LogP contribution >= 0.6 is 11.6 Å². The van der Waals surface area contributed by atoms with Gasteiger partial charge in [0.15, 0.2) is 0 Å². The quantitative estimate of drug-likeness (QED) is 0.610. The fourth-order valence-electron chi connectivity index (χ4n) is 3.27. The van der Waals surface area contributed by atoms with Crippen LogP contribution in [0.4, 0.5) is 0 Å². The van der Waals surface area contributed by atoms with Crippen LogP contribution in [0.5, 0.6) is 0 Å². The van der Waals surface area contributed by atoms with Crippen molar-refractivity contribution < 1.29 is 8.42 Å². The zero-order chi connectivity index (χ0) is 19.7. The van der Waals surface area contributed by atoms with Crippen LogP contribution in [-0.2, 0) is 29.3 Å². The van der Waals surface area contributed by atoms with E-state index in [2.05, 4.69) is 25.9 Å². The number of fused-ring (bicyclic) bond motifs is 1. The van der Waals surface area contributed by atoms with Crippen LogP contribution in [0.3, 0.4) is 0 Å². The lowest BCUT2D eigenvalue weighted by molar-refractivity contribution is 0.242. The Morgan fingerprint density at radius 2 is 1.93 bits per heavy atom. The van der Waals surface area contributed by atoms with E-state index in [9.17, 15) is 8.42 Å². The van der Waals surface area contributed by atoms with E-state index in [1.165, 1.54) is 0 Å². The number of hydrogen-bond acceptors (Lipinski definition) is 6. The average molecular weight is 415 g/mol. The maximum Gasteiger partial charge on any atom is 0.246 e. The van der Waals surface area contributed by atoms with Crippen LogP contribution in [0.25, 0.3) is 11.3 Å². The highest BCUT2D eigenvalue weighted by Gasteiger charge is 2.21. The lowest BCUT2D eigenvalue weighted by Gasteiger charge is -2.27. The molecule has 8 heteroatoms. The molecular weight excluding hydrogens is 396 g/mol. The molecule has 0 saturated carbocycles. The molecule has 2 aromatic heterocycles. The van der Waals surface area contributed by atoms with Crippen molar-refractivity contribution in [1.82, 2.24) is 19.9 Å². The Labute approximate surface area is 169 Å². The Morgan fingerprint density at radius 1 is 1.11 bits per heavy atom. The van der Waals surface area contributed by atoms with Crippen molar-refractivity contribution >= 4 is 21.4 Å². The largest absolute Gasteiger partial charge is 0.294 e. The summed E-state index contributed by atoms with van der Waals surface area (Å²) in [6.45, 7) is 2.24. The number of sulfone groups is 1. The lowest BCUT2D eigenvalue weighted by Crippen LogP contribution is -2.31. The molecule has 0 atom stereocenters. The standard InChI is InChI=1S/C20H19ClN4O2S/c1-28(26,27)20-23-11-15-13-25(9-8-18(15)24-20)12-14-6-7-19(22-10-14)16-4-2-3-5-17(16)21/h2-7,10-11H,8-9,12-13H2,1H3. The Hall–Kier alpha value is -2.35. The summed E-state index contributed by atoms with van der Waals surface area (Å²) in [6, 6.07) is 11.7. The summed E-state index contributed by atoms with van der Waals surface area (Å²) in [6.07, 6.45) is 5.33. The molecule has 144 valence electrons. The van der Waals surface area contributed by atoms with Crippen LogP contribution in [0.15, 0.2) is 53.9 Å². The molecule has 1 aromatic carbocycles. The van der Waals surface area contributed by atoms with Crippen molar-refractivity contribution in [3.63, 3.8) is 0 Å². The second-order valence-electron chi connectivity index (χ2n) is 6.89. The van der Waals surface area contributed by atoms with Gasteiger partial charge >= 0.3 is 0 Å². The van der Waals surface area contributed by atoms with Crippen LogP contribution in [0.2, 0.25) is 5.02 Å². The normalized spacial score (nSPS) is 14.6. The van der Waals surface area contributed by atoms with Crippen molar-refractivity contribution in [2.45, 2.75) is 24.7 Å². The second kappa shape index (κ2) is 7.58. The zero-order valence-electron chi connectivity index (χ0n) is 15.3. The summed E-state index contributed by atoms with van der Waals surface area (Å²) >= 11 is 6.24. The molecule has 0 amide bonds. The first-order chi connectivity index (χ1) is 13.4. The fourth-order valence-corrected chi connectivity index (χ4v) is 4.03. The topological polar surface area (TPSA) is 76.1 Å². The van der Waals surface area contributed by atoms with E-state index in [0.717, 1.165) is 47.4 Å². The summed E-state index contributed by atoms with van der Waals surface area (Å²) in [5, 5.41) is 0.586. The van der Waals surface area contributed by atoms with Crippen molar-refractivity contribution in [2.75, 3.05) is 12.8 Å². The number of halogens is 1. The highest BCUT2D eigenvalue weighted by Crippen LogP contribution is 2.26. The van der Waals surface area contributed by atoms with E-state index in [1.54, 1.807) is 6.20 Å². The molecule has 3 aromatic rings. The summed E-state index contributed by atoms with van der Waals surface area (Å²) in [4.78, 5) is 15.1. The number of pyridine rings is 1. The molecule has 0 saturated heterocycles. The van der Waals surface area contributed by atoms with Gasteiger partial charge in [-0.25, -0.2) is 18.4 Å². The van der Waals surface area contributed by atoms with Gasteiger partial charge in [-0.15, -0.1) is 0 Å². The first-order valence-electron chi connectivity index (χ1n) is 8.87. The van der Waals surface area contributed by atoms with E-state index in [-0.39, 0.29) is 5.16 Å². The van der Waals surface area contributed by atoms with Crippen LogP contribution in [0, 0.1) is 0 Å². The number of aromatic nitrogens is 3. The Kier molecular flexibility index (Phi) is 5.14. The highest BCUT2D eigenvalue weighted by molar-refractivity contribution is 7.90. The number of rotatable bonds is 4. The van der Waals surface area contributed by atoms with Crippen LogP contribution < -0.4 is 0 Å². The third-order valence-electron chi connectivity index (χ3n) is 4.70. The molecule has 0 spiro atoms. The minimum Gasteiger partial charge on any atom is -0.294 e. The van der Waals surface area contributed by atoms with Crippen molar-refractivity contribution in [2.24, 2.45) is 0 Å². The van der Waals surface area contributed by atoms with Crippen molar-refractivity contribution in [3.8, 4) is 11.3 Å². The minimum atomic E-state index is -3.38. The molecular formula is C20H19ClN4O2S. The van der Waals surface area contributed by atoms with Gasteiger partial charge in [-0.1, -0.05) is 35.9 Å². The number of hydrogen-bond donors (Lipinski definition) is 0. The summed E-state index contributed by atoms with van der Waals surface area (Å²) < 4.78 is 23.2. The maximum absolute atomic E-state index is 11.6. The summed E-state index contributed by atoms with van der Waals surface area (Å²) in [5.74, 6) is 0. The number of benzene rings is 1. The van der Waals surface area contributed by atoms with E-state index >= 15 is 0 Å². The van der Waals surface area contributed by atoms with Gasteiger partial charge in [-0.2, -0.15) is 0 Å². The highest BCUT2D eigenvalue weighted by atomic mass is 35.5. The van der Waals surface area contributed by atoms with Gasteiger partial charge in [0.1, 0.15) is 0 Å². The summed E-state index contributed by atoms with van der Waals surface area (Å²) in [5.41, 5.74) is 4.66. The van der Waals surface area contributed by atoms with E-state index in [1.807, 2.05) is 36.5 Å². The van der Waals surface area contributed by atoms with Crippen LogP contribution in [0.1, 0.15) is 16.8 Å². The molecule has 3 heterocycles. The molecule has 0 aliphatic carbocycles. The second-order valence-corrected chi connectivity index (χ2v) is 9.21. The third kappa shape index (κ3) is 4.06. The zero-order valence-corrected chi connectivity index (χ0v) is 16.9. The van der Waals surface area contributed by atoms with Crippen molar-refractivity contribution in [1.29, 1.82) is 0 Å². The molecule has 0 bridgehead atoms. The Morgan fingerprint density at radius 3 is 2.64 bits per heavy atom. The maximum atomic E-state index is 11.6. The average Bonchev–Trinajstić information content (AvgIpc) is 2.68. The van der Waals surface area contributed by atoms with Gasteiger partial charge in [0.2, 0.25) is 15.0 Å². The fraction of sp³-hybridized carbons (Fsp3) is 0.250. The van der Waals surface area contributed by atoms with Gasteiger partial charge in [0, 0.05) is 60.9 Å². The van der Waals surface area contributed by atoms with E-state index < -0.39 is 9.84 Å². The van der Waals surface area contributed by atoms with E-state index in [4.69, 9.17) is 11.6 Å². The first-order valence-corrected chi connectivity index (χ1v) is 11.1. The predicted molar refractivity (Wildman–Crippen MR) is 108 cm³/mol. The molecule has 0 radical (unpaired) electrons. The third-order valence-corrected chi connectivity index (χ3v) is 5.89. The van der Waals surface area contributed by atoms with Gasteiger partial charge < -0.3 is 0 Å². The number of nitrogens with zero attached hydrogens (tertiary/aromatic N) is 4. The molecule has 1 aliphatic heterocycles. The molecule has 0 unspecified atom stereocenters. The molecule has 4 rings (SSSR count). The van der Waals surface area contributed by atoms with E-state index in [0.29, 0.717) is 18.0 Å². The van der Waals surface area contributed by atoms with Crippen molar-refractivity contribution in [3.05, 3.63) is 70.6 Å². The molecule has 28 heavy (non-hydrogen) atoms. The predicted octanol–water partition coefficient (Wildman–Crippen LogP) is 3.15. The molecule has 6 nitrogen and oxygen atoms in total. The smallest absolute Gasteiger partial charge is 0.246 e. The van der Waals surface area contributed by atoms with Gasteiger partial charge in [-0.3, -0.25) is 9.88 Å². The van der Waals surface area contributed by atoms with Gasteiger partial charge in [0.25, 0.3) is 0 Å². The monoisotopic (exact) mass is 414 g/mol. The SMILES string of the molecule is CS(=O)(=O)c1ncc2c(n1)CCN(Cc1ccc(-c3ccccc3Cl)nc1)C2. The van der Waals surface area contributed by atoms with Crippen LogP contribution in [-0.4, -0.2) is 41.1 Å². The van der Waals surface area contributed by atoms with Gasteiger partial charge in [-0.05, 0) is 17.7 Å². The lowest BCUT2D eigenvalue weighted by atomic mass is 10.1. The first kappa shape index (κ1) is 19.0. The molecule has 0 fully saturated rings. The molecule has 0 N–H and O–H groups in total. The summed E-state index contributed by atoms with van der Waals surface area (Å²) in [7, 11) is -3.38. The molecule has 1 aliphatic rings.